The van der Waals surface area contributed by atoms with Crippen molar-refractivity contribution in [3.05, 3.63) is 65.6 Å². The van der Waals surface area contributed by atoms with Gasteiger partial charge < -0.3 is 13.9 Å². The number of anilines is 1. The highest BCUT2D eigenvalue weighted by Crippen LogP contribution is 2.28. The summed E-state index contributed by atoms with van der Waals surface area (Å²) in [5.41, 5.74) is 1.85. The number of ether oxygens (including phenoxy) is 2. The molecule has 0 saturated carbocycles. The van der Waals surface area contributed by atoms with E-state index in [0.29, 0.717) is 23.8 Å². The van der Waals surface area contributed by atoms with Crippen molar-refractivity contribution in [3.8, 4) is 11.5 Å². The maximum absolute atomic E-state index is 12.1. The number of carbonyl (C=O) groups is 1. The lowest BCUT2D eigenvalue weighted by Gasteiger charge is -2.07. The molecular weight excluding hydrogens is 402 g/mol. The zero-order chi connectivity index (χ0) is 21.3. The fraction of sp³-hybridized carbons (Fsp3) is 0.227. The number of amides is 1. The molecule has 2 aromatic carbocycles. The summed E-state index contributed by atoms with van der Waals surface area (Å²) >= 11 is 1.79. The van der Waals surface area contributed by atoms with Gasteiger partial charge >= 0.3 is 6.01 Å². The quantitative estimate of drug-likeness (QED) is 0.400. The van der Waals surface area contributed by atoms with Crippen LogP contribution in [0.5, 0.6) is 11.5 Å². The van der Waals surface area contributed by atoms with E-state index in [-0.39, 0.29) is 11.9 Å². The Labute approximate surface area is 179 Å². The molecule has 30 heavy (non-hydrogen) atoms. The summed E-state index contributed by atoms with van der Waals surface area (Å²) in [5.74, 6) is 2.30. The summed E-state index contributed by atoms with van der Waals surface area (Å²) in [6.45, 7) is 2.12. The molecule has 0 unspecified atom stereocenters. The SMILES string of the molecule is CCSc1ccc(Cc2nnc(NC(=O)/C=C/c3ccc(OC)c(OC)c3)o2)cc1. The Bertz CT molecular complexity index is 1020. The Morgan fingerprint density at radius 3 is 2.57 bits per heavy atom. The molecule has 0 saturated heterocycles. The van der Waals surface area contributed by atoms with Crippen LogP contribution >= 0.6 is 11.8 Å². The smallest absolute Gasteiger partial charge is 0.322 e. The Kier molecular flexibility index (Phi) is 7.51. The van der Waals surface area contributed by atoms with Gasteiger partial charge in [0.05, 0.1) is 20.6 Å². The topological polar surface area (TPSA) is 86.5 Å². The van der Waals surface area contributed by atoms with Gasteiger partial charge in [-0.2, -0.15) is 0 Å². The molecule has 1 amide bonds. The van der Waals surface area contributed by atoms with Crippen molar-refractivity contribution in [2.45, 2.75) is 18.2 Å². The Balaban J connectivity index is 1.57. The first-order chi connectivity index (χ1) is 14.6. The van der Waals surface area contributed by atoms with Crippen LogP contribution in [0.1, 0.15) is 23.9 Å². The van der Waals surface area contributed by atoms with Crippen molar-refractivity contribution >= 4 is 29.8 Å². The second-order valence-electron chi connectivity index (χ2n) is 6.19. The molecule has 1 N–H and O–H groups in total. The highest BCUT2D eigenvalue weighted by Gasteiger charge is 2.09. The number of carbonyl (C=O) groups excluding carboxylic acids is 1. The van der Waals surface area contributed by atoms with Crippen LogP contribution in [-0.2, 0) is 11.2 Å². The van der Waals surface area contributed by atoms with Gasteiger partial charge in [0, 0.05) is 11.0 Å². The molecular formula is C22H23N3O4S. The van der Waals surface area contributed by atoms with E-state index in [1.54, 1.807) is 44.2 Å². The van der Waals surface area contributed by atoms with E-state index >= 15 is 0 Å². The molecule has 156 valence electrons. The van der Waals surface area contributed by atoms with Gasteiger partial charge in [-0.1, -0.05) is 30.2 Å². The van der Waals surface area contributed by atoms with E-state index in [4.69, 9.17) is 13.9 Å². The highest BCUT2D eigenvalue weighted by molar-refractivity contribution is 7.99. The Morgan fingerprint density at radius 2 is 1.87 bits per heavy atom. The van der Waals surface area contributed by atoms with Crippen LogP contribution in [0.25, 0.3) is 6.08 Å². The molecule has 3 aromatic rings. The zero-order valence-corrected chi connectivity index (χ0v) is 17.9. The Hall–Kier alpha value is -3.26. The third-order valence-electron chi connectivity index (χ3n) is 4.12. The predicted octanol–water partition coefficient (Wildman–Crippen LogP) is 4.44. The maximum atomic E-state index is 12.1. The maximum Gasteiger partial charge on any atom is 0.322 e. The number of benzene rings is 2. The van der Waals surface area contributed by atoms with Gasteiger partial charge in [0.25, 0.3) is 5.91 Å². The number of nitrogens with zero attached hydrogens (tertiary/aromatic N) is 2. The minimum absolute atomic E-state index is 0.0603. The molecule has 1 heterocycles. The first-order valence-corrected chi connectivity index (χ1v) is 10.3. The normalized spacial score (nSPS) is 10.9. The second kappa shape index (κ2) is 10.5. The van der Waals surface area contributed by atoms with Crippen molar-refractivity contribution < 1.29 is 18.7 Å². The van der Waals surface area contributed by atoms with Crippen LogP contribution in [0.3, 0.4) is 0 Å². The summed E-state index contributed by atoms with van der Waals surface area (Å²) in [5, 5.41) is 10.4. The van der Waals surface area contributed by atoms with Crippen LogP contribution in [-0.4, -0.2) is 36.1 Å². The molecule has 0 atom stereocenters. The van der Waals surface area contributed by atoms with Crippen LogP contribution < -0.4 is 14.8 Å². The first kappa shape index (κ1) is 21.4. The van der Waals surface area contributed by atoms with Crippen molar-refractivity contribution in [1.29, 1.82) is 0 Å². The largest absolute Gasteiger partial charge is 0.493 e. The summed E-state index contributed by atoms with van der Waals surface area (Å²) < 4.78 is 16.0. The van der Waals surface area contributed by atoms with E-state index in [2.05, 4.69) is 34.6 Å². The van der Waals surface area contributed by atoms with E-state index < -0.39 is 0 Å². The summed E-state index contributed by atoms with van der Waals surface area (Å²) in [4.78, 5) is 13.4. The molecule has 0 aliphatic carbocycles. The summed E-state index contributed by atoms with van der Waals surface area (Å²) in [6.07, 6.45) is 3.54. The molecule has 0 bridgehead atoms. The molecule has 1 aromatic heterocycles. The summed E-state index contributed by atoms with van der Waals surface area (Å²) in [7, 11) is 3.13. The fourth-order valence-corrected chi connectivity index (χ4v) is 3.36. The Morgan fingerprint density at radius 1 is 1.10 bits per heavy atom. The molecule has 3 rings (SSSR count). The van der Waals surface area contributed by atoms with Gasteiger partial charge in [0.15, 0.2) is 11.5 Å². The van der Waals surface area contributed by atoms with E-state index in [1.165, 1.54) is 11.0 Å². The average molecular weight is 426 g/mol. The number of hydrogen-bond donors (Lipinski definition) is 1. The average Bonchev–Trinajstić information content (AvgIpc) is 3.20. The van der Waals surface area contributed by atoms with Crippen LogP contribution in [0.15, 0.2) is 57.9 Å². The van der Waals surface area contributed by atoms with Crippen LogP contribution in [0, 0.1) is 0 Å². The predicted molar refractivity (Wildman–Crippen MR) is 117 cm³/mol. The van der Waals surface area contributed by atoms with Crippen LogP contribution in [0.4, 0.5) is 6.01 Å². The lowest BCUT2D eigenvalue weighted by Crippen LogP contribution is -2.07. The van der Waals surface area contributed by atoms with Crippen molar-refractivity contribution in [2.24, 2.45) is 0 Å². The minimum atomic E-state index is -0.374. The van der Waals surface area contributed by atoms with Crippen molar-refractivity contribution in [1.82, 2.24) is 10.2 Å². The summed E-state index contributed by atoms with van der Waals surface area (Å²) in [6, 6.07) is 13.6. The molecule has 0 fully saturated rings. The van der Waals surface area contributed by atoms with Gasteiger partial charge in [-0.3, -0.25) is 10.1 Å². The minimum Gasteiger partial charge on any atom is -0.493 e. The zero-order valence-electron chi connectivity index (χ0n) is 17.0. The molecule has 0 aliphatic rings. The van der Waals surface area contributed by atoms with Gasteiger partial charge in [-0.25, -0.2) is 0 Å². The third kappa shape index (κ3) is 5.87. The van der Waals surface area contributed by atoms with Crippen molar-refractivity contribution in [2.75, 3.05) is 25.3 Å². The molecule has 0 radical (unpaired) electrons. The number of thioether (sulfide) groups is 1. The number of aromatic nitrogens is 2. The van der Waals surface area contributed by atoms with Gasteiger partial charge in [0.1, 0.15) is 0 Å². The monoisotopic (exact) mass is 425 g/mol. The molecule has 8 heteroatoms. The van der Waals surface area contributed by atoms with Crippen molar-refractivity contribution in [3.63, 3.8) is 0 Å². The standard InChI is InChI=1S/C22H23N3O4S/c1-4-30-17-9-5-16(6-10-17)14-21-24-25-22(29-21)23-20(26)12-8-15-7-11-18(27-2)19(13-15)28-3/h5-13H,4,14H2,1-3H3,(H,23,25,26)/b12-8+. The highest BCUT2D eigenvalue weighted by atomic mass is 32.2. The number of methoxy groups -OCH3 is 2. The van der Waals surface area contributed by atoms with Gasteiger partial charge in [0.2, 0.25) is 5.89 Å². The molecule has 7 nitrogen and oxygen atoms in total. The fourth-order valence-electron chi connectivity index (χ4n) is 2.70. The van der Waals surface area contributed by atoms with E-state index in [1.807, 2.05) is 18.2 Å². The third-order valence-corrected chi connectivity index (χ3v) is 5.02. The van der Waals surface area contributed by atoms with Crippen LogP contribution in [0.2, 0.25) is 0 Å². The van der Waals surface area contributed by atoms with E-state index in [9.17, 15) is 4.79 Å². The van der Waals surface area contributed by atoms with Gasteiger partial charge in [-0.15, -0.1) is 16.9 Å². The first-order valence-electron chi connectivity index (χ1n) is 9.36. The molecule has 0 aliphatic heterocycles. The number of hydrogen-bond acceptors (Lipinski definition) is 7. The van der Waals surface area contributed by atoms with E-state index in [0.717, 1.165) is 16.9 Å². The molecule has 0 spiro atoms. The second-order valence-corrected chi connectivity index (χ2v) is 7.53. The lowest BCUT2D eigenvalue weighted by molar-refractivity contribution is -0.112. The van der Waals surface area contributed by atoms with Gasteiger partial charge in [-0.05, 0) is 47.2 Å². The number of rotatable bonds is 9. The lowest BCUT2D eigenvalue weighted by atomic mass is 10.1. The number of nitrogens with one attached hydrogen (secondary N) is 1.